The van der Waals surface area contributed by atoms with Crippen molar-refractivity contribution in [3.8, 4) is 34.1 Å². The molecule has 0 bridgehead atoms. The molecular weight excluding hydrogens is 538 g/mol. The van der Waals surface area contributed by atoms with E-state index in [1.54, 1.807) is 34.3 Å². The smallest absolute Gasteiger partial charge is 0.242 e. The molecule has 0 fully saturated rings. The molecular formula is C32H37N3O7. The van der Waals surface area contributed by atoms with E-state index in [1.807, 2.05) is 36.4 Å². The molecule has 0 heterocycles. The normalized spacial score (nSPS) is 14.3. The zero-order valence-electron chi connectivity index (χ0n) is 24.8. The largest absolute Gasteiger partial charge is 0.497 e. The zero-order chi connectivity index (χ0) is 30.4. The van der Waals surface area contributed by atoms with Crippen molar-refractivity contribution in [2.75, 3.05) is 33.8 Å². The van der Waals surface area contributed by atoms with Crippen molar-refractivity contribution in [1.82, 2.24) is 10.6 Å². The van der Waals surface area contributed by atoms with Crippen LogP contribution in [-0.2, 0) is 22.6 Å². The van der Waals surface area contributed by atoms with Crippen molar-refractivity contribution in [2.45, 2.75) is 45.3 Å². The van der Waals surface area contributed by atoms with Gasteiger partial charge in [0.25, 0.3) is 0 Å². The molecule has 2 atom stereocenters. The fourth-order valence-corrected chi connectivity index (χ4v) is 5.21. The Kier molecular flexibility index (Phi) is 9.57. The molecule has 3 aromatic rings. The molecule has 2 unspecified atom stereocenters. The first-order valence-corrected chi connectivity index (χ1v) is 13.6. The quantitative estimate of drug-likeness (QED) is 0.332. The lowest BCUT2D eigenvalue weighted by Gasteiger charge is -2.19. The Balaban J connectivity index is 1.71. The standard InChI is InChI=1S/C32H37N3O7/c1-18(32(38)33-17-20-7-10-22(39-3)11-8-20)34-26-14-12-23-24(16-27(26)37)25(35-19(2)36)13-9-21-15-28(40-4)30(41-5)31(42-6)29(21)23/h7-8,10-12,14-16,18,25H,9,13,17H2,1-6H3,(H,33,38)(H,34,37)(H,35,36). The number of hydrogen-bond acceptors (Lipinski definition) is 8. The van der Waals surface area contributed by atoms with Crippen LogP contribution >= 0.6 is 0 Å². The van der Waals surface area contributed by atoms with Crippen molar-refractivity contribution in [2.24, 2.45) is 0 Å². The van der Waals surface area contributed by atoms with Gasteiger partial charge < -0.3 is 34.9 Å². The lowest BCUT2D eigenvalue weighted by molar-refractivity contribution is -0.122. The summed E-state index contributed by atoms with van der Waals surface area (Å²) in [6, 6.07) is 13.2. The monoisotopic (exact) mass is 575 g/mol. The van der Waals surface area contributed by atoms with Gasteiger partial charge in [-0.3, -0.25) is 14.4 Å². The first-order chi connectivity index (χ1) is 20.2. The minimum absolute atomic E-state index is 0.210. The number of aryl methyl sites for hydroxylation is 1. The van der Waals surface area contributed by atoms with Crippen LogP contribution in [-0.4, -0.2) is 46.3 Å². The van der Waals surface area contributed by atoms with Gasteiger partial charge in [-0.15, -0.1) is 0 Å². The third-order valence-electron chi connectivity index (χ3n) is 7.31. The molecule has 42 heavy (non-hydrogen) atoms. The number of rotatable bonds is 10. The van der Waals surface area contributed by atoms with E-state index in [9.17, 15) is 14.4 Å². The number of anilines is 1. The zero-order valence-corrected chi connectivity index (χ0v) is 24.8. The molecule has 3 aromatic carbocycles. The van der Waals surface area contributed by atoms with Crippen LogP contribution in [0.4, 0.5) is 5.69 Å². The Morgan fingerprint density at radius 3 is 2.26 bits per heavy atom. The summed E-state index contributed by atoms with van der Waals surface area (Å²) >= 11 is 0. The van der Waals surface area contributed by atoms with Crippen LogP contribution in [0.25, 0.3) is 11.1 Å². The highest BCUT2D eigenvalue weighted by molar-refractivity contribution is 5.85. The minimum atomic E-state index is -0.699. The van der Waals surface area contributed by atoms with Gasteiger partial charge >= 0.3 is 0 Å². The number of hydrogen-bond donors (Lipinski definition) is 3. The van der Waals surface area contributed by atoms with Crippen molar-refractivity contribution in [1.29, 1.82) is 0 Å². The number of fused-ring (bicyclic) bond motifs is 3. The summed E-state index contributed by atoms with van der Waals surface area (Å²) in [6.45, 7) is 3.47. The highest BCUT2D eigenvalue weighted by Gasteiger charge is 2.29. The van der Waals surface area contributed by atoms with Gasteiger partial charge in [-0.2, -0.15) is 0 Å². The lowest BCUT2D eigenvalue weighted by atomic mass is 9.95. The van der Waals surface area contributed by atoms with Crippen LogP contribution in [0.15, 0.2) is 53.3 Å². The van der Waals surface area contributed by atoms with E-state index in [4.69, 9.17) is 18.9 Å². The van der Waals surface area contributed by atoms with Crippen molar-refractivity contribution in [3.63, 3.8) is 0 Å². The van der Waals surface area contributed by atoms with E-state index >= 15 is 0 Å². The average Bonchev–Trinajstić information content (AvgIpc) is 3.23. The van der Waals surface area contributed by atoms with Crippen LogP contribution in [0.3, 0.4) is 0 Å². The van der Waals surface area contributed by atoms with Gasteiger partial charge in [-0.25, -0.2) is 0 Å². The fourth-order valence-electron chi connectivity index (χ4n) is 5.21. The molecule has 0 aromatic heterocycles. The van der Waals surface area contributed by atoms with E-state index in [0.717, 1.165) is 22.4 Å². The first kappa shape index (κ1) is 30.2. The molecule has 0 spiro atoms. The molecule has 10 heteroatoms. The van der Waals surface area contributed by atoms with Crippen LogP contribution < -0.4 is 40.3 Å². The Morgan fingerprint density at radius 1 is 0.929 bits per heavy atom. The third kappa shape index (κ3) is 6.43. The number of amides is 2. The molecule has 10 nitrogen and oxygen atoms in total. The Bertz CT molecular complexity index is 1520. The predicted molar refractivity (Wildman–Crippen MR) is 161 cm³/mol. The Hall–Kier alpha value is -4.73. The number of methoxy groups -OCH3 is 4. The molecule has 1 aliphatic carbocycles. The van der Waals surface area contributed by atoms with Crippen LogP contribution in [0.2, 0.25) is 0 Å². The number of ether oxygens (including phenoxy) is 4. The second-order valence-electron chi connectivity index (χ2n) is 10.0. The fraction of sp³-hybridized carbons (Fsp3) is 0.344. The van der Waals surface area contributed by atoms with E-state index in [-0.39, 0.29) is 22.9 Å². The van der Waals surface area contributed by atoms with E-state index in [1.165, 1.54) is 20.1 Å². The number of carbonyl (C=O) groups excluding carboxylic acids is 2. The second-order valence-corrected chi connectivity index (χ2v) is 10.0. The predicted octanol–water partition coefficient (Wildman–Crippen LogP) is 3.99. The molecule has 222 valence electrons. The molecule has 0 saturated heterocycles. The topological polar surface area (TPSA) is 124 Å². The van der Waals surface area contributed by atoms with Crippen molar-refractivity contribution < 1.29 is 28.5 Å². The summed E-state index contributed by atoms with van der Waals surface area (Å²) in [4.78, 5) is 38.6. The SMILES string of the molecule is COc1ccc(CNC(=O)C(C)Nc2ccc3c(cc2=O)C(NC(C)=O)CCc2cc(OC)c(OC)c(OC)c2-3)cc1. The summed E-state index contributed by atoms with van der Waals surface area (Å²) in [5, 5.41) is 8.95. The van der Waals surface area contributed by atoms with Gasteiger partial charge in [0.2, 0.25) is 23.0 Å². The van der Waals surface area contributed by atoms with Gasteiger partial charge in [-0.05, 0) is 72.4 Å². The first-order valence-electron chi connectivity index (χ1n) is 13.6. The van der Waals surface area contributed by atoms with Crippen LogP contribution in [0.1, 0.15) is 43.0 Å². The summed E-state index contributed by atoms with van der Waals surface area (Å²) in [6.07, 6.45) is 1.15. The number of benzene rings is 2. The van der Waals surface area contributed by atoms with Crippen molar-refractivity contribution in [3.05, 3.63) is 75.4 Å². The summed E-state index contributed by atoms with van der Waals surface area (Å²) in [5.74, 6) is 1.68. The lowest BCUT2D eigenvalue weighted by Crippen LogP contribution is -2.38. The van der Waals surface area contributed by atoms with Gasteiger partial charge in [0.05, 0.1) is 40.2 Å². The second kappa shape index (κ2) is 13.3. The summed E-state index contributed by atoms with van der Waals surface area (Å²) in [7, 11) is 6.24. The average molecular weight is 576 g/mol. The highest BCUT2D eigenvalue weighted by atomic mass is 16.5. The summed E-state index contributed by atoms with van der Waals surface area (Å²) < 4.78 is 22.2. The number of carbonyl (C=O) groups is 2. The maximum atomic E-state index is 13.5. The van der Waals surface area contributed by atoms with Gasteiger partial charge in [0.15, 0.2) is 11.5 Å². The minimum Gasteiger partial charge on any atom is -0.497 e. The van der Waals surface area contributed by atoms with E-state index in [2.05, 4.69) is 16.0 Å². The molecule has 0 radical (unpaired) electrons. The van der Waals surface area contributed by atoms with Gasteiger partial charge in [-0.1, -0.05) is 18.2 Å². The molecule has 0 aliphatic heterocycles. The van der Waals surface area contributed by atoms with Gasteiger partial charge in [0, 0.05) is 19.0 Å². The third-order valence-corrected chi connectivity index (χ3v) is 7.31. The Morgan fingerprint density at radius 2 is 1.64 bits per heavy atom. The van der Waals surface area contributed by atoms with E-state index < -0.39 is 12.1 Å². The molecule has 1 aliphatic rings. The van der Waals surface area contributed by atoms with Crippen LogP contribution in [0.5, 0.6) is 23.0 Å². The maximum absolute atomic E-state index is 13.5. The van der Waals surface area contributed by atoms with Gasteiger partial charge in [0.1, 0.15) is 11.8 Å². The van der Waals surface area contributed by atoms with E-state index in [0.29, 0.717) is 47.8 Å². The molecule has 2 amide bonds. The molecule has 0 saturated carbocycles. The number of nitrogens with one attached hydrogen (secondary N) is 3. The Labute approximate surface area is 245 Å². The molecule has 3 N–H and O–H groups in total. The highest BCUT2D eigenvalue weighted by Crippen LogP contribution is 2.50. The molecule has 4 rings (SSSR count). The maximum Gasteiger partial charge on any atom is 0.242 e. The van der Waals surface area contributed by atoms with Crippen molar-refractivity contribution >= 4 is 17.5 Å². The summed E-state index contributed by atoms with van der Waals surface area (Å²) in [5.41, 5.74) is 3.88. The van der Waals surface area contributed by atoms with Crippen LogP contribution in [0, 0.1) is 0 Å².